The summed E-state index contributed by atoms with van der Waals surface area (Å²) in [6.45, 7) is 6.34. The molecule has 0 aliphatic rings. The van der Waals surface area contributed by atoms with Crippen LogP contribution in [0.1, 0.15) is 56.4 Å². The number of hydrogen-bond donors (Lipinski definition) is 1. The summed E-state index contributed by atoms with van der Waals surface area (Å²) in [6, 6.07) is 7.14. The molecule has 0 unspecified atom stereocenters. The van der Waals surface area contributed by atoms with E-state index in [2.05, 4.69) is 15.0 Å². The number of rotatable bonds is 5. The number of ketones is 2. The molecule has 0 saturated carbocycles. The third kappa shape index (κ3) is 3.48. The first-order chi connectivity index (χ1) is 12.8. The van der Waals surface area contributed by atoms with E-state index in [4.69, 9.17) is 4.74 Å². The Hall–Kier alpha value is -3.35. The van der Waals surface area contributed by atoms with E-state index in [1.54, 1.807) is 32.0 Å². The highest BCUT2D eigenvalue weighted by atomic mass is 16.5. The van der Waals surface area contributed by atoms with Gasteiger partial charge < -0.3 is 9.72 Å². The summed E-state index contributed by atoms with van der Waals surface area (Å²) >= 11 is 0. The number of hydrogen-bond acceptors (Lipinski definition) is 6. The van der Waals surface area contributed by atoms with Gasteiger partial charge in [0.15, 0.2) is 17.6 Å². The Labute approximate surface area is 155 Å². The van der Waals surface area contributed by atoms with Gasteiger partial charge in [0.1, 0.15) is 0 Å². The zero-order valence-corrected chi connectivity index (χ0v) is 15.5. The Morgan fingerprint density at radius 3 is 2.41 bits per heavy atom. The van der Waals surface area contributed by atoms with Crippen molar-refractivity contribution in [3.63, 3.8) is 0 Å². The number of ether oxygens (including phenoxy) is 1. The zero-order valence-electron chi connectivity index (χ0n) is 15.5. The van der Waals surface area contributed by atoms with Gasteiger partial charge in [0, 0.05) is 11.3 Å². The maximum absolute atomic E-state index is 12.7. The van der Waals surface area contributed by atoms with E-state index < -0.39 is 17.9 Å². The fraction of sp³-hybridized carbons (Fsp3) is 0.250. The number of carbonyl (C=O) groups excluding carboxylic acids is 3. The predicted molar refractivity (Wildman–Crippen MR) is 99.0 cm³/mol. The molecule has 0 spiro atoms. The molecule has 27 heavy (non-hydrogen) atoms. The van der Waals surface area contributed by atoms with Crippen LogP contribution in [0, 0.1) is 13.8 Å². The first kappa shape index (κ1) is 18.4. The average Bonchev–Trinajstić information content (AvgIpc) is 2.94. The third-order valence-corrected chi connectivity index (χ3v) is 4.35. The lowest BCUT2D eigenvalue weighted by Crippen LogP contribution is -2.26. The molecule has 0 saturated heterocycles. The number of Topliss-reactive ketones (excluding diaryl/α,β-unsaturated/α-hetero) is 2. The van der Waals surface area contributed by atoms with Gasteiger partial charge in [-0.25, -0.2) is 9.78 Å². The van der Waals surface area contributed by atoms with E-state index in [-0.39, 0.29) is 17.2 Å². The molecule has 0 radical (unpaired) electrons. The molecule has 0 fully saturated rings. The largest absolute Gasteiger partial charge is 0.449 e. The van der Waals surface area contributed by atoms with Gasteiger partial charge in [-0.1, -0.05) is 12.1 Å². The molecule has 138 valence electrons. The van der Waals surface area contributed by atoms with Crippen LogP contribution >= 0.6 is 0 Å². The summed E-state index contributed by atoms with van der Waals surface area (Å²) in [4.78, 5) is 48.1. The van der Waals surface area contributed by atoms with Crippen LogP contribution in [0.15, 0.2) is 30.5 Å². The number of carbonyl (C=O) groups is 3. The normalized spacial score (nSPS) is 12.0. The van der Waals surface area contributed by atoms with E-state index in [1.807, 2.05) is 6.07 Å². The minimum Gasteiger partial charge on any atom is -0.449 e. The van der Waals surface area contributed by atoms with Crippen LogP contribution in [0.5, 0.6) is 0 Å². The van der Waals surface area contributed by atoms with Crippen LogP contribution in [0.2, 0.25) is 0 Å². The lowest BCUT2D eigenvalue weighted by Gasteiger charge is -2.12. The second kappa shape index (κ2) is 7.11. The molecule has 0 bridgehead atoms. The Bertz CT molecular complexity index is 1070. The highest BCUT2D eigenvalue weighted by molar-refractivity contribution is 6.05. The Morgan fingerprint density at radius 2 is 1.78 bits per heavy atom. The number of nitrogens with zero attached hydrogens (tertiary/aromatic N) is 2. The van der Waals surface area contributed by atoms with Gasteiger partial charge in [-0.05, 0) is 45.4 Å². The van der Waals surface area contributed by atoms with Crippen molar-refractivity contribution in [2.45, 2.75) is 33.8 Å². The maximum Gasteiger partial charge on any atom is 0.359 e. The molecule has 0 amide bonds. The van der Waals surface area contributed by atoms with Crippen molar-refractivity contribution in [2.24, 2.45) is 0 Å². The van der Waals surface area contributed by atoms with Crippen molar-refractivity contribution in [1.29, 1.82) is 0 Å². The van der Waals surface area contributed by atoms with E-state index in [1.165, 1.54) is 20.0 Å². The minimum atomic E-state index is -1.04. The standard InChI is InChI=1S/C20H19N3O4/c1-10-17(12(3)24)11(2)22-18(10)19(25)13(4)27-20(26)16-9-21-14-7-5-6-8-15(14)23-16/h5-9,13,22H,1-4H3/t13-/m1/s1. The molecule has 7 heteroatoms. The molecule has 1 N–H and O–H groups in total. The van der Waals surface area contributed by atoms with Crippen molar-refractivity contribution in [3.05, 3.63) is 58.7 Å². The van der Waals surface area contributed by atoms with Crippen molar-refractivity contribution in [2.75, 3.05) is 0 Å². The summed E-state index contributed by atoms with van der Waals surface area (Å²) in [5.41, 5.74) is 3.16. The summed E-state index contributed by atoms with van der Waals surface area (Å²) in [7, 11) is 0. The van der Waals surface area contributed by atoms with Crippen LogP contribution < -0.4 is 0 Å². The molecule has 1 atom stereocenters. The van der Waals surface area contributed by atoms with Crippen molar-refractivity contribution < 1.29 is 19.1 Å². The Morgan fingerprint density at radius 1 is 1.11 bits per heavy atom. The minimum absolute atomic E-state index is 0.0252. The number of esters is 1. The fourth-order valence-corrected chi connectivity index (χ4v) is 3.06. The predicted octanol–water partition coefficient (Wildman–Crippen LogP) is 3.21. The lowest BCUT2D eigenvalue weighted by molar-refractivity contribution is 0.0311. The number of nitrogens with one attached hydrogen (secondary N) is 1. The highest BCUT2D eigenvalue weighted by Gasteiger charge is 2.26. The van der Waals surface area contributed by atoms with Gasteiger partial charge in [0.2, 0.25) is 5.78 Å². The summed E-state index contributed by atoms with van der Waals surface area (Å²) < 4.78 is 5.27. The summed E-state index contributed by atoms with van der Waals surface area (Å²) in [5.74, 6) is -1.27. The van der Waals surface area contributed by atoms with E-state index in [0.717, 1.165) is 0 Å². The monoisotopic (exact) mass is 365 g/mol. The number of benzene rings is 1. The summed E-state index contributed by atoms with van der Waals surface area (Å²) in [6.07, 6.45) is 0.280. The Kier molecular flexibility index (Phi) is 4.85. The van der Waals surface area contributed by atoms with Gasteiger partial charge in [0.05, 0.1) is 22.9 Å². The molecular formula is C20H19N3O4. The smallest absolute Gasteiger partial charge is 0.359 e. The zero-order chi connectivity index (χ0) is 19.7. The van der Waals surface area contributed by atoms with Gasteiger partial charge >= 0.3 is 5.97 Å². The van der Waals surface area contributed by atoms with Crippen LogP contribution in [0.25, 0.3) is 11.0 Å². The average molecular weight is 365 g/mol. The number of aryl methyl sites for hydroxylation is 1. The van der Waals surface area contributed by atoms with E-state index in [9.17, 15) is 14.4 Å². The first-order valence-electron chi connectivity index (χ1n) is 8.46. The van der Waals surface area contributed by atoms with Crippen LogP contribution in [0.4, 0.5) is 0 Å². The molecule has 0 aliphatic carbocycles. The number of aromatic nitrogens is 3. The molecular weight excluding hydrogens is 346 g/mol. The first-order valence-corrected chi connectivity index (χ1v) is 8.46. The molecule has 3 rings (SSSR count). The maximum atomic E-state index is 12.7. The van der Waals surface area contributed by atoms with Gasteiger partial charge in [0.25, 0.3) is 0 Å². The molecule has 0 aliphatic heterocycles. The quantitative estimate of drug-likeness (QED) is 0.550. The third-order valence-electron chi connectivity index (χ3n) is 4.35. The molecule has 7 nitrogen and oxygen atoms in total. The van der Waals surface area contributed by atoms with E-state index in [0.29, 0.717) is 27.9 Å². The van der Waals surface area contributed by atoms with Crippen LogP contribution in [0.3, 0.4) is 0 Å². The summed E-state index contributed by atoms with van der Waals surface area (Å²) in [5, 5.41) is 0. The molecule has 2 heterocycles. The van der Waals surface area contributed by atoms with Gasteiger partial charge in [-0.2, -0.15) is 0 Å². The number of fused-ring (bicyclic) bond motifs is 1. The van der Waals surface area contributed by atoms with Crippen LogP contribution in [-0.4, -0.2) is 38.6 Å². The number of H-pyrrole nitrogens is 1. The van der Waals surface area contributed by atoms with Crippen molar-refractivity contribution in [3.8, 4) is 0 Å². The fourth-order valence-electron chi connectivity index (χ4n) is 3.06. The van der Waals surface area contributed by atoms with Crippen molar-refractivity contribution in [1.82, 2.24) is 15.0 Å². The van der Waals surface area contributed by atoms with Crippen molar-refractivity contribution >= 4 is 28.6 Å². The lowest BCUT2D eigenvalue weighted by atomic mass is 10.0. The molecule has 3 aromatic rings. The van der Waals surface area contributed by atoms with E-state index >= 15 is 0 Å². The number of aromatic amines is 1. The SMILES string of the molecule is CC(=O)c1c(C)[nH]c(C(=O)[C@@H](C)OC(=O)c2cnc3ccccc3n2)c1C. The number of para-hydroxylation sites is 2. The van der Waals surface area contributed by atoms with Gasteiger partial charge in [-0.3, -0.25) is 14.6 Å². The highest BCUT2D eigenvalue weighted by Crippen LogP contribution is 2.21. The van der Waals surface area contributed by atoms with Gasteiger partial charge in [-0.15, -0.1) is 0 Å². The topological polar surface area (TPSA) is 102 Å². The second-order valence-electron chi connectivity index (χ2n) is 6.34. The second-order valence-corrected chi connectivity index (χ2v) is 6.34. The Balaban J connectivity index is 1.80. The molecule has 1 aromatic carbocycles. The molecule has 2 aromatic heterocycles. The van der Waals surface area contributed by atoms with Crippen LogP contribution in [-0.2, 0) is 4.74 Å².